The van der Waals surface area contributed by atoms with Crippen molar-refractivity contribution in [1.82, 2.24) is 5.32 Å². The highest BCUT2D eigenvalue weighted by Crippen LogP contribution is 2.18. The van der Waals surface area contributed by atoms with Crippen LogP contribution < -0.4 is 5.32 Å². The highest BCUT2D eigenvalue weighted by Gasteiger charge is 2.10. The molecule has 0 heterocycles. The van der Waals surface area contributed by atoms with E-state index in [1.165, 1.54) is 10.0 Å². The molecule has 1 rings (SSSR count). The van der Waals surface area contributed by atoms with Gasteiger partial charge in [-0.3, -0.25) is 0 Å². The number of likely N-dealkylation sites (N-methyl/N-ethyl adjacent to an activating group) is 1. The van der Waals surface area contributed by atoms with E-state index in [0.29, 0.717) is 6.04 Å². The van der Waals surface area contributed by atoms with Gasteiger partial charge in [-0.05, 0) is 37.4 Å². The molecule has 0 amide bonds. The first-order valence-electron chi connectivity index (χ1n) is 6.82. The summed E-state index contributed by atoms with van der Waals surface area (Å²) in [5.41, 5.74) is 1.36. The van der Waals surface area contributed by atoms with Gasteiger partial charge in [0.2, 0.25) is 0 Å². The normalized spacial score (nSPS) is 12.6. The first kappa shape index (κ1) is 15.7. The Bertz CT molecular complexity index is 330. The Hall–Kier alpha value is -0.380. The van der Waals surface area contributed by atoms with Gasteiger partial charge in [-0.2, -0.15) is 0 Å². The zero-order chi connectivity index (χ0) is 13.2. The van der Waals surface area contributed by atoms with E-state index in [-0.39, 0.29) is 0 Å². The molecule has 0 spiro atoms. The van der Waals surface area contributed by atoms with E-state index in [1.807, 2.05) is 0 Å². The minimum absolute atomic E-state index is 0.491. The molecule has 0 bridgehead atoms. The largest absolute Gasteiger partial charge is 0.381 e. The van der Waals surface area contributed by atoms with Crippen LogP contribution in [0, 0.1) is 0 Å². The molecule has 0 saturated carbocycles. The van der Waals surface area contributed by atoms with Crippen LogP contribution in [0.2, 0.25) is 0 Å². The lowest BCUT2D eigenvalue weighted by molar-refractivity contribution is 0.124. The van der Waals surface area contributed by atoms with Crippen LogP contribution in [0.4, 0.5) is 0 Å². The van der Waals surface area contributed by atoms with Gasteiger partial charge < -0.3 is 10.1 Å². The molecular weight excluding hydrogens is 290 g/mol. The van der Waals surface area contributed by atoms with Gasteiger partial charge in [-0.15, -0.1) is 0 Å². The number of benzene rings is 1. The molecule has 1 N–H and O–H groups in total. The summed E-state index contributed by atoms with van der Waals surface area (Å²) < 4.78 is 6.77. The van der Waals surface area contributed by atoms with Crippen LogP contribution in [0.5, 0.6) is 0 Å². The lowest BCUT2D eigenvalue weighted by atomic mass is 10.0. The van der Waals surface area contributed by atoms with Crippen molar-refractivity contribution in [1.29, 1.82) is 0 Å². The molecule has 1 atom stereocenters. The number of halogens is 1. The molecule has 1 aromatic rings. The number of nitrogens with one attached hydrogen (secondary N) is 1. The smallest absolute Gasteiger partial charge is 0.0480 e. The lowest BCUT2D eigenvalue weighted by Gasteiger charge is -2.18. The quantitative estimate of drug-likeness (QED) is 0.700. The van der Waals surface area contributed by atoms with Gasteiger partial charge in [0.15, 0.2) is 0 Å². The summed E-state index contributed by atoms with van der Waals surface area (Å²) in [6, 6.07) is 8.93. The average molecular weight is 314 g/mol. The van der Waals surface area contributed by atoms with E-state index < -0.39 is 0 Å². The molecule has 0 aliphatic rings. The van der Waals surface area contributed by atoms with Gasteiger partial charge in [-0.25, -0.2) is 0 Å². The summed E-state index contributed by atoms with van der Waals surface area (Å²) in [5, 5.41) is 3.53. The van der Waals surface area contributed by atoms with Gasteiger partial charge >= 0.3 is 0 Å². The van der Waals surface area contributed by atoms with Crippen LogP contribution >= 0.6 is 15.9 Å². The fourth-order valence-corrected chi connectivity index (χ4v) is 2.41. The van der Waals surface area contributed by atoms with Crippen molar-refractivity contribution >= 4 is 15.9 Å². The molecule has 0 aromatic heterocycles. The first-order valence-corrected chi connectivity index (χ1v) is 7.61. The third-order valence-corrected chi connectivity index (χ3v) is 3.65. The van der Waals surface area contributed by atoms with E-state index in [1.54, 1.807) is 0 Å². The maximum absolute atomic E-state index is 5.58. The molecule has 0 aliphatic carbocycles. The van der Waals surface area contributed by atoms with Crippen LogP contribution in [-0.2, 0) is 11.2 Å². The summed E-state index contributed by atoms with van der Waals surface area (Å²) >= 11 is 3.61. The molecule has 0 aliphatic heterocycles. The van der Waals surface area contributed by atoms with Crippen molar-refractivity contribution in [3.8, 4) is 0 Å². The zero-order valence-electron chi connectivity index (χ0n) is 11.4. The Morgan fingerprint density at radius 1 is 1.22 bits per heavy atom. The number of hydrogen-bond donors (Lipinski definition) is 1. The monoisotopic (exact) mass is 313 g/mol. The topological polar surface area (TPSA) is 21.3 Å². The Kier molecular flexibility index (Phi) is 8.31. The summed E-state index contributed by atoms with van der Waals surface area (Å²) in [6.45, 7) is 7.01. The van der Waals surface area contributed by atoms with Crippen molar-refractivity contribution in [2.24, 2.45) is 0 Å². The Balaban J connectivity index is 2.44. The van der Waals surface area contributed by atoms with Gasteiger partial charge in [0, 0.05) is 23.7 Å². The van der Waals surface area contributed by atoms with E-state index in [4.69, 9.17) is 4.74 Å². The second-order valence-electron chi connectivity index (χ2n) is 4.45. The van der Waals surface area contributed by atoms with Crippen molar-refractivity contribution in [3.05, 3.63) is 34.3 Å². The summed E-state index contributed by atoms with van der Waals surface area (Å²) in [6.07, 6.45) is 3.20. The standard InChI is InChI=1S/C15H24BrNO/c1-3-10-18-11-9-14(17-4-2)12-13-7-5-6-8-15(13)16/h5-8,14,17H,3-4,9-12H2,1-2H3. The average Bonchev–Trinajstić information content (AvgIpc) is 2.37. The zero-order valence-corrected chi connectivity index (χ0v) is 13.0. The maximum Gasteiger partial charge on any atom is 0.0480 e. The third-order valence-electron chi connectivity index (χ3n) is 2.88. The number of rotatable bonds is 9. The third kappa shape index (κ3) is 5.98. The fourth-order valence-electron chi connectivity index (χ4n) is 1.97. The maximum atomic E-state index is 5.58. The predicted molar refractivity (Wildman–Crippen MR) is 81.0 cm³/mol. The lowest BCUT2D eigenvalue weighted by Crippen LogP contribution is -2.32. The van der Waals surface area contributed by atoms with Gasteiger partial charge in [-0.1, -0.05) is 48.0 Å². The minimum Gasteiger partial charge on any atom is -0.381 e. The molecule has 3 heteroatoms. The molecule has 1 unspecified atom stereocenters. The van der Waals surface area contributed by atoms with Crippen molar-refractivity contribution in [2.45, 2.75) is 39.2 Å². The highest BCUT2D eigenvalue weighted by atomic mass is 79.9. The van der Waals surface area contributed by atoms with Crippen LogP contribution in [-0.4, -0.2) is 25.8 Å². The fraction of sp³-hybridized carbons (Fsp3) is 0.600. The second-order valence-corrected chi connectivity index (χ2v) is 5.31. The van der Waals surface area contributed by atoms with Crippen LogP contribution in [0.3, 0.4) is 0 Å². The SMILES string of the molecule is CCCOCCC(Cc1ccccc1Br)NCC. The molecule has 1 aromatic carbocycles. The second kappa shape index (κ2) is 9.54. The van der Waals surface area contributed by atoms with E-state index in [0.717, 1.165) is 39.0 Å². The van der Waals surface area contributed by atoms with Crippen LogP contribution in [0.1, 0.15) is 32.3 Å². The number of ether oxygens (including phenoxy) is 1. The summed E-state index contributed by atoms with van der Waals surface area (Å²) in [7, 11) is 0. The molecule has 102 valence electrons. The molecule has 0 radical (unpaired) electrons. The van der Waals surface area contributed by atoms with Gasteiger partial charge in [0.1, 0.15) is 0 Å². The van der Waals surface area contributed by atoms with Crippen LogP contribution in [0.25, 0.3) is 0 Å². The highest BCUT2D eigenvalue weighted by molar-refractivity contribution is 9.10. The van der Waals surface area contributed by atoms with Gasteiger partial charge in [0.05, 0.1) is 0 Å². The summed E-state index contributed by atoms with van der Waals surface area (Å²) in [5.74, 6) is 0. The molecule has 18 heavy (non-hydrogen) atoms. The first-order chi connectivity index (χ1) is 8.77. The molecule has 0 saturated heterocycles. The van der Waals surface area contributed by atoms with Crippen molar-refractivity contribution in [3.63, 3.8) is 0 Å². The van der Waals surface area contributed by atoms with E-state index in [9.17, 15) is 0 Å². The minimum atomic E-state index is 0.491. The van der Waals surface area contributed by atoms with E-state index in [2.05, 4.69) is 59.4 Å². The number of hydrogen-bond acceptors (Lipinski definition) is 2. The molecular formula is C15H24BrNO. The Labute approximate surface area is 119 Å². The van der Waals surface area contributed by atoms with Crippen molar-refractivity contribution in [2.75, 3.05) is 19.8 Å². The Morgan fingerprint density at radius 3 is 2.67 bits per heavy atom. The molecule has 2 nitrogen and oxygen atoms in total. The van der Waals surface area contributed by atoms with Crippen molar-refractivity contribution < 1.29 is 4.74 Å². The summed E-state index contributed by atoms with van der Waals surface area (Å²) in [4.78, 5) is 0. The Morgan fingerprint density at radius 2 is 2.00 bits per heavy atom. The predicted octanol–water partition coefficient (Wildman–Crippen LogP) is 3.79. The molecule has 0 fully saturated rings. The van der Waals surface area contributed by atoms with E-state index >= 15 is 0 Å². The van der Waals surface area contributed by atoms with Gasteiger partial charge in [0.25, 0.3) is 0 Å². The van der Waals surface area contributed by atoms with Crippen LogP contribution in [0.15, 0.2) is 28.7 Å².